The third-order valence-corrected chi connectivity index (χ3v) is 4.42. The largest absolute Gasteiger partial charge is 0.457 e. The number of rotatable bonds is 6. The van der Waals surface area contributed by atoms with E-state index >= 15 is 0 Å². The van der Waals surface area contributed by atoms with Crippen LogP contribution in [0, 0.1) is 0 Å². The van der Waals surface area contributed by atoms with E-state index in [2.05, 4.69) is 20.5 Å². The Morgan fingerprint density at radius 3 is 2.79 bits per heavy atom. The highest BCUT2D eigenvalue weighted by Gasteiger charge is 2.14. The molecule has 0 radical (unpaired) electrons. The lowest BCUT2D eigenvalue weighted by Crippen LogP contribution is -2.25. The molecule has 9 nitrogen and oxygen atoms in total. The van der Waals surface area contributed by atoms with Crippen LogP contribution in [0.4, 0.5) is 0 Å². The van der Waals surface area contributed by atoms with Crippen molar-refractivity contribution in [3.8, 4) is 11.5 Å². The van der Waals surface area contributed by atoms with Crippen LogP contribution >= 0.6 is 11.6 Å². The molecule has 4 rings (SSSR count). The predicted octanol–water partition coefficient (Wildman–Crippen LogP) is 2.63. The van der Waals surface area contributed by atoms with Gasteiger partial charge in [-0.05, 0) is 24.3 Å². The molecule has 2 aromatic heterocycles. The zero-order valence-corrected chi connectivity index (χ0v) is 15.7. The van der Waals surface area contributed by atoms with Crippen LogP contribution in [-0.2, 0) is 22.7 Å². The maximum absolute atomic E-state index is 12.4. The molecule has 29 heavy (non-hydrogen) atoms. The summed E-state index contributed by atoms with van der Waals surface area (Å²) in [4.78, 5) is 28.5. The quantitative estimate of drug-likeness (QED) is 0.445. The van der Waals surface area contributed by atoms with Crippen LogP contribution in [0.1, 0.15) is 12.2 Å². The number of halogens is 1. The van der Waals surface area contributed by atoms with Crippen molar-refractivity contribution >= 4 is 28.5 Å². The maximum atomic E-state index is 12.4. The lowest BCUT2D eigenvalue weighted by molar-refractivity contribution is -0.145. The highest BCUT2D eigenvalue weighted by molar-refractivity contribution is 6.33. The first-order valence-electron chi connectivity index (χ1n) is 8.67. The van der Waals surface area contributed by atoms with Gasteiger partial charge in [0.05, 0.1) is 28.9 Å². The van der Waals surface area contributed by atoms with Crippen LogP contribution in [0.25, 0.3) is 22.4 Å². The number of ether oxygens (including phenoxy) is 1. The maximum Gasteiger partial charge on any atom is 0.308 e. The Kier molecular flexibility index (Phi) is 5.30. The number of aromatic nitrogens is 5. The summed E-state index contributed by atoms with van der Waals surface area (Å²) in [7, 11) is 0. The Morgan fingerprint density at radius 2 is 1.93 bits per heavy atom. The number of benzene rings is 2. The molecule has 0 fully saturated rings. The molecule has 0 bridgehead atoms. The Labute approximate surface area is 168 Å². The number of aryl methyl sites for hydroxylation is 1. The van der Waals surface area contributed by atoms with E-state index in [9.17, 15) is 9.59 Å². The van der Waals surface area contributed by atoms with E-state index in [0.29, 0.717) is 21.5 Å². The topological polar surface area (TPSA) is 113 Å². The van der Waals surface area contributed by atoms with Gasteiger partial charge in [0.1, 0.15) is 5.52 Å². The zero-order valence-electron chi connectivity index (χ0n) is 15.0. The first kappa shape index (κ1) is 18.8. The lowest BCUT2D eigenvalue weighted by atomic mass is 10.2. The number of carbonyl (C=O) groups excluding carboxylic acids is 1. The van der Waals surface area contributed by atoms with Gasteiger partial charge >= 0.3 is 5.97 Å². The molecule has 0 aliphatic rings. The fourth-order valence-electron chi connectivity index (χ4n) is 2.64. The summed E-state index contributed by atoms with van der Waals surface area (Å²) >= 11 is 6.09. The van der Waals surface area contributed by atoms with Gasteiger partial charge in [-0.1, -0.05) is 46.2 Å². The van der Waals surface area contributed by atoms with Gasteiger partial charge in [0.2, 0.25) is 5.82 Å². The highest BCUT2D eigenvalue weighted by Crippen LogP contribution is 2.25. The molecule has 0 spiro atoms. The fraction of sp³-hybridized carbons (Fsp3) is 0.158. The minimum Gasteiger partial charge on any atom is -0.457 e. The summed E-state index contributed by atoms with van der Waals surface area (Å²) in [5.41, 5.74) is 0.780. The molecule has 0 aliphatic carbocycles. The minimum atomic E-state index is -0.532. The van der Waals surface area contributed by atoms with Crippen molar-refractivity contribution in [1.29, 1.82) is 0 Å². The van der Waals surface area contributed by atoms with Gasteiger partial charge in [-0.2, -0.15) is 4.98 Å². The van der Waals surface area contributed by atoms with Crippen molar-refractivity contribution in [2.45, 2.75) is 19.6 Å². The number of nitrogens with zero attached hydrogens (tertiary/aromatic N) is 5. The second-order valence-electron chi connectivity index (χ2n) is 6.04. The Bertz CT molecular complexity index is 1240. The second-order valence-corrected chi connectivity index (χ2v) is 6.45. The van der Waals surface area contributed by atoms with Crippen LogP contribution in [0.15, 0.2) is 57.8 Å². The Hall–Kier alpha value is -3.59. The van der Waals surface area contributed by atoms with Crippen LogP contribution in [-0.4, -0.2) is 31.1 Å². The molecule has 0 amide bonds. The molecule has 0 unspecified atom stereocenters. The van der Waals surface area contributed by atoms with E-state index in [1.807, 2.05) is 0 Å². The molecular weight excluding hydrogens is 398 g/mol. The molecule has 0 atom stereocenters. The fourth-order valence-corrected chi connectivity index (χ4v) is 2.86. The first-order valence-corrected chi connectivity index (χ1v) is 9.05. The average molecular weight is 412 g/mol. The number of hydrogen-bond donors (Lipinski definition) is 0. The molecule has 0 saturated heterocycles. The van der Waals surface area contributed by atoms with Gasteiger partial charge in [-0.25, -0.2) is 4.68 Å². The molecule has 146 valence electrons. The number of hydrogen-bond acceptors (Lipinski definition) is 8. The molecule has 0 N–H and O–H groups in total. The zero-order chi connectivity index (χ0) is 20.2. The Morgan fingerprint density at radius 1 is 1.14 bits per heavy atom. The van der Waals surface area contributed by atoms with Gasteiger partial charge in [-0.15, -0.1) is 5.10 Å². The van der Waals surface area contributed by atoms with Crippen molar-refractivity contribution in [3.63, 3.8) is 0 Å². The van der Waals surface area contributed by atoms with E-state index < -0.39 is 5.97 Å². The van der Waals surface area contributed by atoms with Crippen LogP contribution < -0.4 is 5.56 Å². The minimum absolute atomic E-state index is 0.0482. The normalized spacial score (nSPS) is 10.9. The molecule has 10 heteroatoms. The summed E-state index contributed by atoms with van der Waals surface area (Å²) in [5, 5.41) is 12.5. The van der Waals surface area contributed by atoms with E-state index in [1.165, 1.54) is 0 Å². The number of carbonyl (C=O) groups is 1. The SMILES string of the molecule is O=C(CCn1nnc2ccccc2c1=O)OCc1noc(-c2ccccc2Cl)n1. The summed E-state index contributed by atoms with van der Waals surface area (Å²) in [6.07, 6.45) is -0.0534. The number of esters is 1. The number of fused-ring (bicyclic) bond motifs is 1. The summed E-state index contributed by atoms with van der Waals surface area (Å²) in [6.45, 7) is -0.113. The predicted molar refractivity (Wildman–Crippen MR) is 103 cm³/mol. The summed E-state index contributed by atoms with van der Waals surface area (Å²) in [6, 6.07) is 13.9. The Balaban J connectivity index is 1.35. The smallest absolute Gasteiger partial charge is 0.308 e. The van der Waals surface area contributed by atoms with Gasteiger partial charge in [0.15, 0.2) is 6.61 Å². The monoisotopic (exact) mass is 411 g/mol. The van der Waals surface area contributed by atoms with Crippen molar-refractivity contribution in [3.05, 3.63) is 69.7 Å². The molecular formula is C19H14ClN5O4. The molecule has 4 aromatic rings. The molecule has 2 heterocycles. The third-order valence-electron chi connectivity index (χ3n) is 4.09. The van der Waals surface area contributed by atoms with Gasteiger partial charge in [-0.3, -0.25) is 9.59 Å². The summed E-state index contributed by atoms with van der Waals surface area (Å²) < 4.78 is 11.4. The lowest BCUT2D eigenvalue weighted by Gasteiger charge is -2.04. The third kappa shape index (κ3) is 4.14. The van der Waals surface area contributed by atoms with Gasteiger partial charge < -0.3 is 9.26 Å². The molecule has 2 aromatic carbocycles. The second kappa shape index (κ2) is 8.19. The average Bonchev–Trinajstić information content (AvgIpc) is 3.21. The van der Waals surface area contributed by atoms with Gasteiger partial charge in [0, 0.05) is 0 Å². The van der Waals surface area contributed by atoms with Crippen molar-refractivity contribution in [2.24, 2.45) is 0 Å². The summed E-state index contributed by atoms with van der Waals surface area (Å²) in [5.74, 6) is -0.0912. The highest BCUT2D eigenvalue weighted by atomic mass is 35.5. The van der Waals surface area contributed by atoms with Crippen molar-refractivity contribution in [2.75, 3.05) is 0 Å². The van der Waals surface area contributed by atoms with Crippen LogP contribution in [0.5, 0.6) is 0 Å². The van der Waals surface area contributed by atoms with E-state index in [0.717, 1.165) is 4.68 Å². The van der Waals surface area contributed by atoms with Crippen molar-refractivity contribution < 1.29 is 14.1 Å². The van der Waals surface area contributed by atoms with E-state index in [1.54, 1.807) is 48.5 Å². The molecule has 0 saturated carbocycles. The van der Waals surface area contributed by atoms with E-state index in [-0.39, 0.29) is 36.8 Å². The molecule has 0 aliphatic heterocycles. The van der Waals surface area contributed by atoms with E-state index in [4.69, 9.17) is 20.9 Å². The van der Waals surface area contributed by atoms with Crippen LogP contribution in [0.2, 0.25) is 5.02 Å². The van der Waals surface area contributed by atoms with Crippen molar-refractivity contribution in [1.82, 2.24) is 25.1 Å². The van der Waals surface area contributed by atoms with Crippen LogP contribution in [0.3, 0.4) is 0 Å². The first-order chi connectivity index (χ1) is 14.1. The van der Waals surface area contributed by atoms with Gasteiger partial charge in [0.25, 0.3) is 11.4 Å². The standard InChI is InChI=1S/C19H14ClN5O4/c20-14-7-3-1-5-12(14)18-21-16(23-29-18)11-28-17(26)9-10-25-19(27)13-6-2-4-8-15(13)22-24-25/h1-8H,9-11H2.